The van der Waals surface area contributed by atoms with Gasteiger partial charge in [0.05, 0.1) is 41.8 Å². The average Bonchev–Trinajstić information content (AvgIpc) is 3.20. The predicted molar refractivity (Wildman–Crippen MR) is 113 cm³/mol. The molecule has 0 aliphatic carbocycles. The number of carbonyl (C=O) groups excluding carboxylic acids is 1. The van der Waals surface area contributed by atoms with Crippen molar-refractivity contribution in [1.82, 2.24) is 15.0 Å². The minimum absolute atomic E-state index is 0.0506. The van der Waals surface area contributed by atoms with Crippen LogP contribution in [0.5, 0.6) is 0 Å². The molecule has 0 saturated heterocycles. The number of rotatable bonds is 8. The minimum atomic E-state index is -3.76. The van der Waals surface area contributed by atoms with Crippen LogP contribution < -0.4 is 0 Å². The van der Waals surface area contributed by atoms with Crippen molar-refractivity contribution >= 4 is 38.7 Å². The van der Waals surface area contributed by atoms with Crippen LogP contribution in [-0.2, 0) is 25.5 Å². The summed E-state index contributed by atoms with van der Waals surface area (Å²) >= 11 is 2.11. The van der Waals surface area contributed by atoms with Crippen molar-refractivity contribution in [3.8, 4) is 5.69 Å². The zero-order valence-electron chi connectivity index (χ0n) is 15.5. The highest BCUT2D eigenvalue weighted by atomic mass is 127. The fourth-order valence-corrected chi connectivity index (χ4v) is 3.80. The van der Waals surface area contributed by atoms with Gasteiger partial charge in [-0.25, -0.2) is 9.48 Å². The standard InChI is InChI=1S/C19H18IN3O5S/c1-27-19(24)14-4-8-17(9-5-14)23-13-16(21-22-23)3-2-12-28-29(25,26)18-10-6-15(20)7-11-18/h4-11,13H,2-3,12H2,1H3. The Hall–Kier alpha value is -2.31. The lowest BCUT2D eigenvalue weighted by molar-refractivity contribution is 0.0600. The second-order valence-electron chi connectivity index (χ2n) is 6.03. The molecule has 0 atom stereocenters. The number of aryl methyl sites for hydroxylation is 1. The molecule has 1 aromatic heterocycles. The second kappa shape index (κ2) is 9.46. The van der Waals surface area contributed by atoms with Gasteiger partial charge in [0.15, 0.2) is 0 Å². The molecule has 3 rings (SSSR count). The van der Waals surface area contributed by atoms with Crippen molar-refractivity contribution in [2.45, 2.75) is 17.7 Å². The van der Waals surface area contributed by atoms with E-state index in [-0.39, 0.29) is 11.5 Å². The molecule has 0 bridgehead atoms. The molecule has 8 nitrogen and oxygen atoms in total. The predicted octanol–water partition coefficient (Wildman–Crippen LogP) is 3.00. The molecule has 29 heavy (non-hydrogen) atoms. The summed E-state index contributed by atoms with van der Waals surface area (Å²) in [7, 11) is -2.44. The maximum absolute atomic E-state index is 12.2. The van der Waals surface area contributed by atoms with Crippen LogP contribution >= 0.6 is 22.6 Å². The summed E-state index contributed by atoms with van der Waals surface area (Å²) in [6, 6.07) is 13.2. The van der Waals surface area contributed by atoms with Gasteiger partial charge in [-0.1, -0.05) is 5.21 Å². The minimum Gasteiger partial charge on any atom is -0.465 e. The summed E-state index contributed by atoms with van der Waals surface area (Å²) in [6.45, 7) is 0.0506. The van der Waals surface area contributed by atoms with Crippen LogP contribution in [0.1, 0.15) is 22.5 Å². The number of carbonyl (C=O) groups is 1. The Morgan fingerprint density at radius 3 is 2.45 bits per heavy atom. The Morgan fingerprint density at radius 1 is 1.10 bits per heavy atom. The molecule has 152 valence electrons. The highest BCUT2D eigenvalue weighted by molar-refractivity contribution is 14.1. The van der Waals surface area contributed by atoms with Crippen LogP contribution in [0.15, 0.2) is 59.6 Å². The van der Waals surface area contributed by atoms with Gasteiger partial charge in [-0.05, 0) is 84.0 Å². The number of methoxy groups -OCH3 is 1. The quantitative estimate of drug-likeness (QED) is 0.192. The Labute approximate surface area is 182 Å². The molecule has 0 saturated carbocycles. The lowest BCUT2D eigenvalue weighted by Gasteiger charge is -2.05. The van der Waals surface area contributed by atoms with E-state index in [4.69, 9.17) is 4.18 Å². The van der Waals surface area contributed by atoms with Gasteiger partial charge in [-0.15, -0.1) is 5.10 Å². The van der Waals surface area contributed by atoms with E-state index >= 15 is 0 Å². The summed E-state index contributed by atoms with van der Waals surface area (Å²) in [4.78, 5) is 11.6. The first-order valence-corrected chi connectivity index (χ1v) is 11.1. The zero-order valence-corrected chi connectivity index (χ0v) is 18.5. The molecule has 0 radical (unpaired) electrons. The van der Waals surface area contributed by atoms with Gasteiger partial charge < -0.3 is 4.74 Å². The monoisotopic (exact) mass is 527 g/mol. The summed E-state index contributed by atoms with van der Waals surface area (Å²) < 4.78 is 36.6. The average molecular weight is 527 g/mol. The SMILES string of the molecule is COC(=O)c1ccc(-n2cc(CCCOS(=O)(=O)c3ccc(I)cc3)nn2)cc1. The van der Waals surface area contributed by atoms with E-state index in [1.807, 2.05) is 0 Å². The number of benzene rings is 2. The van der Waals surface area contributed by atoms with Crippen LogP contribution in [0, 0.1) is 3.57 Å². The Balaban J connectivity index is 1.53. The van der Waals surface area contributed by atoms with Crippen LogP contribution in [-0.4, -0.2) is 43.1 Å². The maximum Gasteiger partial charge on any atom is 0.337 e. The lowest BCUT2D eigenvalue weighted by atomic mass is 10.2. The number of ether oxygens (including phenoxy) is 1. The summed E-state index contributed by atoms with van der Waals surface area (Å²) in [6.07, 6.45) is 2.74. The number of nitrogens with zero attached hydrogens (tertiary/aromatic N) is 3. The third-order valence-corrected chi connectivity index (χ3v) is 6.06. The number of hydrogen-bond donors (Lipinski definition) is 0. The van der Waals surface area contributed by atoms with Gasteiger partial charge in [0, 0.05) is 3.57 Å². The number of esters is 1. The fourth-order valence-electron chi connectivity index (χ4n) is 2.50. The van der Waals surface area contributed by atoms with Crippen LogP contribution in [0.4, 0.5) is 0 Å². The summed E-state index contributed by atoms with van der Waals surface area (Å²) in [5.41, 5.74) is 1.90. The molecule has 0 aliphatic heterocycles. The molecule has 0 fully saturated rings. The van der Waals surface area contributed by atoms with Crippen LogP contribution in [0.25, 0.3) is 5.69 Å². The number of aromatic nitrogens is 3. The van der Waals surface area contributed by atoms with E-state index in [0.29, 0.717) is 24.1 Å². The van der Waals surface area contributed by atoms with Gasteiger partial charge in [-0.3, -0.25) is 4.18 Å². The highest BCUT2D eigenvalue weighted by Gasteiger charge is 2.15. The normalized spacial score (nSPS) is 11.4. The van der Waals surface area contributed by atoms with Crippen LogP contribution in [0.3, 0.4) is 0 Å². The molecule has 2 aromatic carbocycles. The maximum atomic E-state index is 12.2. The highest BCUT2D eigenvalue weighted by Crippen LogP contribution is 2.15. The zero-order chi connectivity index (χ0) is 20.9. The lowest BCUT2D eigenvalue weighted by Crippen LogP contribution is -2.08. The van der Waals surface area contributed by atoms with E-state index < -0.39 is 16.1 Å². The van der Waals surface area contributed by atoms with Crippen molar-refractivity contribution in [2.75, 3.05) is 13.7 Å². The van der Waals surface area contributed by atoms with Crippen molar-refractivity contribution < 1.29 is 22.1 Å². The largest absolute Gasteiger partial charge is 0.465 e. The molecule has 1 heterocycles. The molecule has 3 aromatic rings. The van der Waals surface area contributed by atoms with Crippen molar-refractivity contribution in [1.29, 1.82) is 0 Å². The molecular formula is C19H18IN3O5S. The smallest absolute Gasteiger partial charge is 0.337 e. The molecule has 0 unspecified atom stereocenters. The van der Waals surface area contributed by atoms with Gasteiger partial charge in [0.2, 0.25) is 0 Å². The number of halogens is 1. The molecule has 0 N–H and O–H groups in total. The summed E-state index contributed by atoms with van der Waals surface area (Å²) in [5, 5.41) is 8.14. The topological polar surface area (TPSA) is 100 Å². The van der Waals surface area contributed by atoms with Gasteiger partial charge >= 0.3 is 5.97 Å². The Bertz CT molecular complexity index is 1080. The van der Waals surface area contributed by atoms with Crippen molar-refractivity contribution in [2.24, 2.45) is 0 Å². The van der Waals surface area contributed by atoms with Gasteiger partial charge in [0.1, 0.15) is 0 Å². The Kier molecular flexibility index (Phi) is 6.98. The van der Waals surface area contributed by atoms with E-state index in [2.05, 4.69) is 37.6 Å². The van der Waals surface area contributed by atoms with Crippen molar-refractivity contribution in [3.63, 3.8) is 0 Å². The molecule has 10 heteroatoms. The molecular weight excluding hydrogens is 509 g/mol. The first kappa shape index (κ1) is 21.4. The first-order valence-electron chi connectivity index (χ1n) is 8.64. The third-order valence-electron chi connectivity index (χ3n) is 4.01. The number of hydrogen-bond acceptors (Lipinski definition) is 7. The summed E-state index contributed by atoms with van der Waals surface area (Å²) in [5.74, 6) is -0.406. The van der Waals surface area contributed by atoms with Gasteiger partial charge in [0.25, 0.3) is 10.1 Å². The fraction of sp³-hybridized carbons (Fsp3) is 0.211. The second-order valence-corrected chi connectivity index (χ2v) is 8.89. The first-order chi connectivity index (χ1) is 13.9. The van der Waals surface area contributed by atoms with E-state index in [1.54, 1.807) is 47.3 Å². The van der Waals surface area contributed by atoms with Crippen LogP contribution in [0.2, 0.25) is 0 Å². The molecule has 0 aliphatic rings. The molecule has 0 amide bonds. The van der Waals surface area contributed by atoms with E-state index in [1.165, 1.54) is 19.2 Å². The Morgan fingerprint density at radius 2 is 1.79 bits per heavy atom. The van der Waals surface area contributed by atoms with Crippen molar-refractivity contribution in [3.05, 3.63) is 69.6 Å². The molecule has 0 spiro atoms. The third kappa shape index (κ3) is 5.61. The van der Waals surface area contributed by atoms with E-state index in [9.17, 15) is 13.2 Å². The van der Waals surface area contributed by atoms with Gasteiger partial charge in [-0.2, -0.15) is 8.42 Å². The van der Waals surface area contributed by atoms with E-state index in [0.717, 1.165) is 9.26 Å².